The average Bonchev–Trinajstić information content (AvgIpc) is 3.52. The number of rotatable bonds is 4. The minimum absolute atomic E-state index is 0.938. The molecule has 0 atom stereocenters. The van der Waals surface area contributed by atoms with Crippen LogP contribution in [0.3, 0.4) is 0 Å². The lowest BCUT2D eigenvalue weighted by molar-refractivity contribution is 1.11. The highest BCUT2D eigenvalue weighted by molar-refractivity contribution is 6.21. The first-order valence-corrected chi connectivity index (χ1v) is 15.4. The molecule has 9 rings (SSSR count). The molecule has 8 aromatic carbocycles. The molecule has 0 fully saturated rings. The first-order chi connectivity index (χ1) is 22.3. The predicted molar refractivity (Wildman–Crippen MR) is 190 cm³/mol. The van der Waals surface area contributed by atoms with Gasteiger partial charge in [-0.15, -0.1) is 0 Å². The van der Waals surface area contributed by atoms with E-state index in [1.807, 2.05) is 0 Å². The molecular formula is C43H28N2. The Kier molecular flexibility index (Phi) is 5.85. The number of hydrogen-bond donors (Lipinski definition) is 0. The molecule has 0 N–H and O–H groups in total. The fourth-order valence-electron chi connectivity index (χ4n) is 7.00. The van der Waals surface area contributed by atoms with Gasteiger partial charge in [0.1, 0.15) is 5.82 Å². The molecule has 0 saturated heterocycles. The first-order valence-electron chi connectivity index (χ1n) is 15.4. The lowest BCUT2D eigenvalue weighted by Crippen LogP contribution is -1.98. The lowest BCUT2D eigenvalue weighted by Gasteiger charge is -2.18. The molecule has 0 unspecified atom stereocenters. The number of hydrogen-bond acceptors (Lipinski definition) is 1. The maximum Gasteiger partial charge on any atom is 0.145 e. The highest BCUT2D eigenvalue weighted by Gasteiger charge is 2.19. The maximum absolute atomic E-state index is 5.22. The van der Waals surface area contributed by atoms with Gasteiger partial charge in [-0.25, -0.2) is 4.98 Å². The summed E-state index contributed by atoms with van der Waals surface area (Å²) in [5.41, 5.74) is 9.27. The minimum atomic E-state index is 0.938. The van der Waals surface area contributed by atoms with Crippen LogP contribution in [0, 0.1) is 0 Å². The fourth-order valence-corrected chi connectivity index (χ4v) is 7.00. The number of benzene rings is 8. The third-order valence-corrected chi connectivity index (χ3v) is 8.98. The van der Waals surface area contributed by atoms with E-state index in [0.717, 1.165) is 28.1 Å². The second kappa shape index (κ2) is 10.3. The molecule has 2 nitrogen and oxygen atoms in total. The van der Waals surface area contributed by atoms with Crippen molar-refractivity contribution in [1.82, 2.24) is 9.55 Å². The number of fused-ring (bicyclic) bond motifs is 5. The van der Waals surface area contributed by atoms with Gasteiger partial charge < -0.3 is 0 Å². The van der Waals surface area contributed by atoms with Gasteiger partial charge in [-0.3, -0.25) is 4.57 Å². The SMILES string of the molecule is c1ccc(-c2c3ccccc3c(-c3ccc(-c4nc5ccc6ccccc6c5n4-c4ccccc4)cc3)c3ccccc23)cc1. The third-order valence-electron chi connectivity index (χ3n) is 8.98. The Labute approximate surface area is 261 Å². The van der Waals surface area contributed by atoms with E-state index < -0.39 is 0 Å². The normalized spacial score (nSPS) is 11.6. The summed E-state index contributed by atoms with van der Waals surface area (Å²) in [6.45, 7) is 0. The Morgan fingerprint density at radius 2 is 0.822 bits per heavy atom. The Hall–Kier alpha value is -5.99. The molecule has 45 heavy (non-hydrogen) atoms. The molecule has 2 heteroatoms. The number of imidazole rings is 1. The summed E-state index contributed by atoms with van der Waals surface area (Å²) in [7, 11) is 0. The quantitative estimate of drug-likeness (QED) is 0.192. The van der Waals surface area contributed by atoms with E-state index in [9.17, 15) is 0 Å². The van der Waals surface area contributed by atoms with Crippen LogP contribution in [0.4, 0.5) is 0 Å². The standard InChI is InChI=1S/C43H28N2/c1-3-14-30(15-4-1)40-35-19-9-11-21-37(35)41(38-22-12-10-20-36(38)40)31-23-25-32(26-24-31)43-44-39-28-27-29-13-7-8-18-34(29)42(39)45(43)33-16-5-2-6-17-33/h1-28H. The van der Waals surface area contributed by atoms with Crippen LogP contribution in [0.5, 0.6) is 0 Å². The average molecular weight is 573 g/mol. The Morgan fingerprint density at radius 3 is 1.42 bits per heavy atom. The van der Waals surface area contributed by atoms with Crippen LogP contribution in [-0.2, 0) is 0 Å². The Bertz CT molecular complexity index is 2450. The number of nitrogens with zero attached hydrogens (tertiary/aromatic N) is 2. The van der Waals surface area contributed by atoms with Crippen molar-refractivity contribution in [3.63, 3.8) is 0 Å². The van der Waals surface area contributed by atoms with Crippen molar-refractivity contribution in [2.24, 2.45) is 0 Å². The molecule has 0 saturated carbocycles. The molecule has 0 amide bonds. The zero-order valence-electron chi connectivity index (χ0n) is 24.6. The molecule has 0 spiro atoms. The highest BCUT2D eigenvalue weighted by Crippen LogP contribution is 2.44. The summed E-state index contributed by atoms with van der Waals surface area (Å²) >= 11 is 0. The van der Waals surface area contributed by atoms with Crippen molar-refractivity contribution >= 4 is 43.4 Å². The van der Waals surface area contributed by atoms with E-state index in [1.54, 1.807) is 0 Å². The van der Waals surface area contributed by atoms with Gasteiger partial charge in [0.15, 0.2) is 0 Å². The van der Waals surface area contributed by atoms with Gasteiger partial charge in [0, 0.05) is 16.6 Å². The minimum Gasteiger partial charge on any atom is -0.292 e. The van der Waals surface area contributed by atoms with Gasteiger partial charge in [-0.1, -0.05) is 152 Å². The van der Waals surface area contributed by atoms with Crippen LogP contribution in [0.15, 0.2) is 170 Å². The number of aromatic nitrogens is 2. The van der Waals surface area contributed by atoms with Crippen molar-refractivity contribution < 1.29 is 0 Å². The van der Waals surface area contributed by atoms with Crippen molar-refractivity contribution in [3.05, 3.63) is 170 Å². The fraction of sp³-hybridized carbons (Fsp3) is 0. The van der Waals surface area contributed by atoms with Gasteiger partial charge in [0.25, 0.3) is 0 Å². The van der Waals surface area contributed by atoms with E-state index in [1.165, 1.54) is 54.6 Å². The molecule has 210 valence electrons. The van der Waals surface area contributed by atoms with E-state index in [0.29, 0.717) is 0 Å². The Morgan fingerprint density at radius 1 is 0.356 bits per heavy atom. The Balaban J connectivity index is 1.27. The summed E-state index contributed by atoms with van der Waals surface area (Å²) in [4.78, 5) is 5.22. The molecule has 0 aliphatic rings. The summed E-state index contributed by atoms with van der Waals surface area (Å²) in [6, 6.07) is 60.8. The van der Waals surface area contributed by atoms with E-state index in [2.05, 4.69) is 174 Å². The number of para-hydroxylation sites is 1. The summed E-state index contributed by atoms with van der Waals surface area (Å²) in [5, 5.41) is 7.45. The van der Waals surface area contributed by atoms with Gasteiger partial charge >= 0.3 is 0 Å². The molecule has 1 aromatic heterocycles. The van der Waals surface area contributed by atoms with Crippen LogP contribution < -0.4 is 0 Å². The zero-order chi connectivity index (χ0) is 29.7. The maximum atomic E-state index is 5.22. The van der Waals surface area contributed by atoms with E-state index in [4.69, 9.17) is 4.98 Å². The van der Waals surface area contributed by atoms with Crippen LogP contribution in [-0.4, -0.2) is 9.55 Å². The third kappa shape index (κ3) is 4.07. The summed E-state index contributed by atoms with van der Waals surface area (Å²) in [6.07, 6.45) is 0. The van der Waals surface area contributed by atoms with Crippen molar-refractivity contribution in [1.29, 1.82) is 0 Å². The summed E-state index contributed by atoms with van der Waals surface area (Å²) in [5.74, 6) is 0.938. The second-order valence-electron chi connectivity index (χ2n) is 11.5. The van der Waals surface area contributed by atoms with Crippen LogP contribution >= 0.6 is 0 Å². The second-order valence-corrected chi connectivity index (χ2v) is 11.5. The van der Waals surface area contributed by atoms with Crippen molar-refractivity contribution in [3.8, 4) is 39.3 Å². The first kappa shape index (κ1) is 25.5. The monoisotopic (exact) mass is 572 g/mol. The van der Waals surface area contributed by atoms with Gasteiger partial charge in [-0.2, -0.15) is 0 Å². The van der Waals surface area contributed by atoms with Gasteiger partial charge in [0.2, 0.25) is 0 Å². The molecule has 0 radical (unpaired) electrons. The molecular weight excluding hydrogens is 544 g/mol. The van der Waals surface area contributed by atoms with Crippen molar-refractivity contribution in [2.45, 2.75) is 0 Å². The summed E-state index contributed by atoms with van der Waals surface area (Å²) < 4.78 is 2.31. The van der Waals surface area contributed by atoms with Crippen molar-refractivity contribution in [2.75, 3.05) is 0 Å². The van der Waals surface area contributed by atoms with Gasteiger partial charge in [-0.05, 0) is 67.4 Å². The molecule has 0 bridgehead atoms. The molecule has 0 aliphatic carbocycles. The molecule has 1 heterocycles. The largest absolute Gasteiger partial charge is 0.292 e. The topological polar surface area (TPSA) is 17.8 Å². The molecule has 0 aliphatic heterocycles. The van der Waals surface area contributed by atoms with Gasteiger partial charge in [0.05, 0.1) is 11.0 Å². The lowest BCUT2D eigenvalue weighted by atomic mass is 9.86. The van der Waals surface area contributed by atoms with Crippen LogP contribution in [0.1, 0.15) is 0 Å². The van der Waals surface area contributed by atoms with Crippen LogP contribution in [0.2, 0.25) is 0 Å². The van der Waals surface area contributed by atoms with Crippen LogP contribution in [0.25, 0.3) is 82.7 Å². The predicted octanol–water partition coefficient (Wildman–Crippen LogP) is 11.5. The van der Waals surface area contributed by atoms with E-state index >= 15 is 0 Å². The smallest absolute Gasteiger partial charge is 0.145 e. The molecule has 9 aromatic rings. The zero-order valence-corrected chi connectivity index (χ0v) is 24.6. The van der Waals surface area contributed by atoms with E-state index in [-0.39, 0.29) is 0 Å². The highest BCUT2D eigenvalue weighted by atomic mass is 15.1.